The van der Waals surface area contributed by atoms with Crippen molar-refractivity contribution in [3.8, 4) is 5.75 Å². The van der Waals surface area contributed by atoms with Crippen LogP contribution in [0.15, 0.2) is 47.4 Å². The summed E-state index contributed by atoms with van der Waals surface area (Å²) in [6, 6.07) is 11.8. The highest BCUT2D eigenvalue weighted by molar-refractivity contribution is 5.23. The van der Waals surface area contributed by atoms with Crippen LogP contribution in [0.5, 0.6) is 5.75 Å². The molecular weight excluding hydrogens is 238 g/mol. The fourth-order valence-corrected chi connectivity index (χ4v) is 1.85. The molecule has 0 spiro atoms. The lowest BCUT2D eigenvalue weighted by molar-refractivity contribution is 0.310. The standard InChI is InChI=1S/C16H19NO2/c1-3-11-19-15-5-4-10-17(16(15)18)12-14-8-6-13(2)7-9-14/h4-10H,3,11-12H2,1-2H3. The number of aromatic nitrogens is 1. The molecule has 0 aliphatic rings. The van der Waals surface area contributed by atoms with Crippen LogP contribution in [-0.4, -0.2) is 11.2 Å². The molecule has 0 unspecified atom stereocenters. The number of aryl methyl sites for hydroxylation is 1. The monoisotopic (exact) mass is 257 g/mol. The summed E-state index contributed by atoms with van der Waals surface area (Å²) >= 11 is 0. The molecule has 0 radical (unpaired) electrons. The molecule has 0 saturated carbocycles. The van der Waals surface area contributed by atoms with Gasteiger partial charge in [0.15, 0.2) is 5.75 Å². The third kappa shape index (κ3) is 3.47. The van der Waals surface area contributed by atoms with Crippen molar-refractivity contribution in [3.05, 3.63) is 64.1 Å². The molecule has 100 valence electrons. The molecule has 0 bridgehead atoms. The minimum atomic E-state index is -0.0727. The van der Waals surface area contributed by atoms with E-state index in [2.05, 4.69) is 19.1 Å². The molecule has 1 heterocycles. The Morgan fingerprint density at radius 3 is 2.58 bits per heavy atom. The van der Waals surface area contributed by atoms with Gasteiger partial charge in [-0.05, 0) is 31.0 Å². The van der Waals surface area contributed by atoms with Crippen molar-refractivity contribution in [1.29, 1.82) is 0 Å². The highest BCUT2D eigenvalue weighted by atomic mass is 16.5. The Balaban J connectivity index is 2.20. The highest BCUT2D eigenvalue weighted by Crippen LogP contribution is 2.07. The van der Waals surface area contributed by atoms with Crippen molar-refractivity contribution in [1.82, 2.24) is 4.57 Å². The van der Waals surface area contributed by atoms with Gasteiger partial charge >= 0.3 is 0 Å². The van der Waals surface area contributed by atoms with Crippen molar-refractivity contribution < 1.29 is 4.74 Å². The summed E-state index contributed by atoms with van der Waals surface area (Å²) in [6.45, 7) is 5.22. The maximum Gasteiger partial charge on any atom is 0.293 e. The molecule has 19 heavy (non-hydrogen) atoms. The first kappa shape index (κ1) is 13.4. The third-order valence-corrected chi connectivity index (χ3v) is 2.92. The number of hydrogen-bond donors (Lipinski definition) is 0. The van der Waals surface area contributed by atoms with Gasteiger partial charge in [-0.15, -0.1) is 0 Å². The highest BCUT2D eigenvalue weighted by Gasteiger charge is 2.04. The van der Waals surface area contributed by atoms with Gasteiger partial charge in [0.05, 0.1) is 13.2 Å². The van der Waals surface area contributed by atoms with Gasteiger partial charge in [0, 0.05) is 6.20 Å². The van der Waals surface area contributed by atoms with E-state index in [0.717, 1.165) is 12.0 Å². The van der Waals surface area contributed by atoms with Crippen LogP contribution in [0.3, 0.4) is 0 Å². The topological polar surface area (TPSA) is 31.2 Å². The number of nitrogens with zero attached hydrogens (tertiary/aromatic N) is 1. The lowest BCUT2D eigenvalue weighted by atomic mass is 10.1. The fourth-order valence-electron chi connectivity index (χ4n) is 1.85. The predicted octanol–water partition coefficient (Wildman–Crippen LogP) is 2.99. The quantitative estimate of drug-likeness (QED) is 0.824. The van der Waals surface area contributed by atoms with E-state index in [1.54, 1.807) is 16.8 Å². The van der Waals surface area contributed by atoms with Crippen molar-refractivity contribution >= 4 is 0 Å². The maximum atomic E-state index is 12.2. The minimum absolute atomic E-state index is 0.0727. The van der Waals surface area contributed by atoms with Gasteiger partial charge in [0.1, 0.15) is 0 Å². The summed E-state index contributed by atoms with van der Waals surface area (Å²) in [6.07, 6.45) is 2.69. The summed E-state index contributed by atoms with van der Waals surface area (Å²) in [5.41, 5.74) is 2.26. The number of rotatable bonds is 5. The van der Waals surface area contributed by atoms with Crippen LogP contribution < -0.4 is 10.3 Å². The average Bonchev–Trinajstić information content (AvgIpc) is 2.42. The molecule has 1 aromatic carbocycles. The third-order valence-electron chi connectivity index (χ3n) is 2.92. The first-order chi connectivity index (χ1) is 9.20. The van der Waals surface area contributed by atoms with Gasteiger partial charge < -0.3 is 9.30 Å². The summed E-state index contributed by atoms with van der Waals surface area (Å²) in [4.78, 5) is 12.2. The number of ether oxygens (including phenoxy) is 1. The predicted molar refractivity (Wildman–Crippen MR) is 76.8 cm³/mol. The van der Waals surface area contributed by atoms with E-state index in [1.165, 1.54) is 5.56 Å². The van der Waals surface area contributed by atoms with E-state index in [4.69, 9.17) is 4.74 Å². The second kappa shape index (κ2) is 6.23. The fraction of sp³-hybridized carbons (Fsp3) is 0.312. The van der Waals surface area contributed by atoms with Gasteiger partial charge in [-0.1, -0.05) is 36.8 Å². The van der Waals surface area contributed by atoms with Crippen LogP contribution in [0.2, 0.25) is 0 Å². The van der Waals surface area contributed by atoms with Crippen LogP contribution in [0.25, 0.3) is 0 Å². The molecule has 0 aliphatic carbocycles. The number of hydrogen-bond acceptors (Lipinski definition) is 2. The Bertz CT molecular complexity index is 584. The minimum Gasteiger partial charge on any atom is -0.488 e. The van der Waals surface area contributed by atoms with Crippen LogP contribution >= 0.6 is 0 Å². The van der Waals surface area contributed by atoms with Crippen LogP contribution in [-0.2, 0) is 6.54 Å². The lowest BCUT2D eigenvalue weighted by Gasteiger charge is -2.09. The molecule has 0 saturated heterocycles. The van der Waals surface area contributed by atoms with Crippen molar-refractivity contribution in [3.63, 3.8) is 0 Å². The van der Waals surface area contributed by atoms with Gasteiger partial charge in [-0.2, -0.15) is 0 Å². The van der Waals surface area contributed by atoms with Gasteiger partial charge in [-0.25, -0.2) is 0 Å². The molecule has 2 aromatic rings. The Morgan fingerprint density at radius 1 is 1.16 bits per heavy atom. The second-order valence-corrected chi connectivity index (χ2v) is 4.64. The van der Waals surface area contributed by atoms with Crippen molar-refractivity contribution in [2.75, 3.05) is 6.61 Å². The first-order valence-corrected chi connectivity index (χ1v) is 6.58. The molecule has 0 fully saturated rings. The van der Waals surface area contributed by atoms with E-state index in [0.29, 0.717) is 18.9 Å². The number of pyridine rings is 1. The number of benzene rings is 1. The zero-order valence-corrected chi connectivity index (χ0v) is 11.4. The molecule has 3 heteroatoms. The Kier molecular flexibility index (Phi) is 4.39. The molecule has 2 rings (SSSR count). The molecule has 0 aliphatic heterocycles. The summed E-state index contributed by atoms with van der Waals surface area (Å²) in [5, 5.41) is 0. The zero-order chi connectivity index (χ0) is 13.7. The molecule has 1 aromatic heterocycles. The van der Waals surface area contributed by atoms with E-state index < -0.39 is 0 Å². The summed E-state index contributed by atoms with van der Waals surface area (Å²) < 4.78 is 7.13. The Morgan fingerprint density at radius 2 is 1.89 bits per heavy atom. The van der Waals surface area contributed by atoms with E-state index in [9.17, 15) is 4.79 Å². The molecule has 0 atom stereocenters. The summed E-state index contributed by atoms with van der Waals surface area (Å²) in [7, 11) is 0. The smallest absolute Gasteiger partial charge is 0.293 e. The average molecular weight is 257 g/mol. The van der Waals surface area contributed by atoms with Gasteiger partial charge in [0.25, 0.3) is 5.56 Å². The SMILES string of the molecule is CCCOc1cccn(Cc2ccc(C)cc2)c1=O. The maximum absolute atomic E-state index is 12.2. The first-order valence-electron chi connectivity index (χ1n) is 6.58. The van der Waals surface area contributed by atoms with Crippen LogP contribution in [0.1, 0.15) is 24.5 Å². The molecular formula is C16H19NO2. The van der Waals surface area contributed by atoms with E-state index in [1.807, 2.05) is 25.1 Å². The summed E-state index contributed by atoms with van der Waals surface area (Å²) in [5.74, 6) is 0.427. The van der Waals surface area contributed by atoms with E-state index in [-0.39, 0.29) is 5.56 Å². The molecule has 0 N–H and O–H groups in total. The zero-order valence-electron chi connectivity index (χ0n) is 11.4. The van der Waals surface area contributed by atoms with E-state index >= 15 is 0 Å². The van der Waals surface area contributed by atoms with Crippen molar-refractivity contribution in [2.45, 2.75) is 26.8 Å². The Hall–Kier alpha value is -2.03. The van der Waals surface area contributed by atoms with Crippen LogP contribution in [0, 0.1) is 6.92 Å². The molecule has 3 nitrogen and oxygen atoms in total. The Labute approximate surface area is 113 Å². The van der Waals surface area contributed by atoms with Crippen molar-refractivity contribution in [2.24, 2.45) is 0 Å². The normalized spacial score (nSPS) is 10.4. The van der Waals surface area contributed by atoms with Gasteiger partial charge in [0.2, 0.25) is 0 Å². The van der Waals surface area contributed by atoms with Crippen LogP contribution in [0.4, 0.5) is 0 Å². The lowest BCUT2D eigenvalue weighted by Crippen LogP contribution is -2.21. The molecule has 0 amide bonds. The second-order valence-electron chi connectivity index (χ2n) is 4.64. The largest absolute Gasteiger partial charge is 0.488 e. The van der Waals surface area contributed by atoms with Gasteiger partial charge in [-0.3, -0.25) is 4.79 Å².